The summed E-state index contributed by atoms with van der Waals surface area (Å²) in [5.41, 5.74) is 3.68. The minimum Gasteiger partial charge on any atom is -0.388 e. The molecule has 1 heterocycles. The highest BCUT2D eigenvalue weighted by molar-refractivity contribution is 8.01. The lowest BCUT2D eigenvalue weighted by atomic mass is 9.93. The summed E-state index contributed by atoms with van der Waals surface area (Å²) in [6.45, 7) is 2.28. The first-order chi connectivity index (χ1) is 13.2. The number of thiophene rings is 1. The van der Waals surface area contributed by atoms with Crippen LogP contribution in [-0.2, 0) is 0 Å². The van der Waals surface area contributed by atoms with E-state index in [1.54, 1.807) is 11.8 Å². The molecule has 3 heteroatoms. The number of aliphatic hydroxyl groups is 1. The molecule has 0 bridgehead atoms. The molecule has 0 radical (unpaired) electrons. The summed E-state index contributed by atoms with van der Waals surface area (Å²) in [4.78, 5) is 0. The van der Waals surface area contributed by atoms with Crippen molar-refractivity contribution in [2.24, 2.45) is 0 Å². The van der Waals surface area contributed by atoms with E-state index in [-0.39, 0.29) is 0 Å². The second-order valence-electron chi connectivity index (χ2n) is 6.67. The van der Waals surface area contributed by atoms with Crippen molar-refractivity contribution < 1.29 is 5.11 Å². The lowest BCUT2D eigenvalue weighted by Crippen LogP contribution is -2.01. The van der Waals surface area contributed by atoms with Crippen LogP contribution in [0, 0.1) is 0 Å². The minimum atomic E-state index is -0.457. The molecule has 0 aliphatic heterocycles. The van der Waals surface area contributed by atoms with Crippen molar-refractivity contribution in [3.05, 3.63) is 102 Å². The Kier molecular flexibility index (Phi) is 5.63. The molecule has 2 atom stereocenters. The maximum Gasteiger partial charge on any atom is 0.0884 e. The predicted octanol–water partition coefficient (Wildman–Crippen LogP) is 6.88. The zero-order chi connectivity index (χ0) is 18.6. The lowest BCUT2D eigenvalue weighted by molar-refractivity contribution is 0.204. The van der Waals surface area contributed by atoms with E-state index in [2.05, 4.69) is 61.5 Å². The Morgan fingerprint density at radius 3 is 2.11 bits per heavy atom. The predicted molar refractivity (Wildman–Crippen MR) is 118 cm³/mol. The molecule has 0 amide bonds. The molecule has 1 aromatic heterocycles. The maximum atomic E-state index is 10.6. The second kappa shape index (κ2) is 8.30. The van der Waals surface area contributed by atoms with Gasteiger partial charge < -0.3 is 5.11 Å². The van der Waals surface area contributed by atoms with Gasteiger partial charge in [-0.15, -0.1) is 23.1 Å². The van der Waals surface area contributed by atoms with E-state index >= 15 is 0 Å². The molecule has 4 aromatic rings. The fourth-order valence-electron chi connectivity index (χ4n) is 3.39. The van der Waals surface area contributed by atoms with Crippen LogP contribution in [0.5, 0.6) is 0 Å². The van der Waals surface area contributed by atoms with Gasteiger partial charge in [0.15, 0.2) is 0 Å². The number of thioether (sulfide) groups is 1. The zero-order valence-electron chi connectivity index (χ0n) is 15.2. The van der Waals surface area contributed by atoms with Crippen molar-refractivity contribution in [2.45, 2.75) is 23.2 Å². The van der Waals surface area contributed by atoms with Crippen molar-refractivity contribution in [3.63, 3.8) is 0 Å². The molecule has 1 N–H and O–H groups in total. The highest BCUT2D eigenvalue weighted by atomic mass is 32.2. The van der Waals surface area contributed by atoms with E-state index in [1.807, 2.05) is 41.7 Å². The van der Waals surface area contributed by atoms with Gasteiger partial charge in [-0.05, 0) is 28.1 Å². The van der Waals surface area contributed by atoms with Crippen LogP contribution in [0.4, 0.5) is 0 Å². The van der Waals surface area contributed by atoms with Gasteiger partial charge in [0.1, 0.15) is 0 Å². The van der Waals surface area contributed by atoms with E-state index in [0.717, 1.165) is 5.56 Å². The molecule has 0 fully saturated rings. The van der Waals surface area contributed by atoms with Gasteiger partial charge in [-0.2, -0.15) is 0 Å². The van der Waals surface area contributed by atoms with Gasteiger partial charge in [-0.3, -0.25) is 0 Å². The van der Waals surface area contributed by atoms with Crippen molar-refractivity contribution in [3.8, 4) is 0 Å². The van der Waals surface area contributed by atoms with E-state index in [4.69, 9.17) is 0 Å². The molecule has 0 aliphatic carbocycles. The smallest absolute Gasteiger partial charge is 0.0884 e. The van der Waals surface area contributed by atoms with Gasteiger partial charge in [-0.25, -0.2) is 0 Å². The average molecular weight is 391 g/mol. The summed E-state index contributed by atoms with van der Waals surface area (Å²) in [5.74, 6) is 0.976. The number of hydrogen-bond donors (Lipinski definition) is 1. The fourth-order valence-corrected chi connectivity index (χ4v) is 6.08. The molecular formula is C24H22OS2. The van der Waals surface area contributed by atoms with Gasteiger partial charge in [0.05, 0.1) is 10.3 Å². The molecule has 0 saturated heterocycles. The van der Waals surface area contributed by atoms with Crippen LogP contribution >= 0.6 is 23.1 Å². The maximum absolute atomic E-state index is 10.6. The van der Waals surface area contributed by atoms with E-state index in [9.17, 15) is 5.11 Å². The van der Waals surface area contributed by atoms with Crippen LogP contribution in [0.25, 0.3) is 10.1 Å². The third kappa shape index (κ3) is 3.96. The molecule has 0 spiro atoms. The molecule has 1 nitrogen and oxygen atoms in total. The quantitative estimate of drug-likeness (QED) is 0.362. The number of hydrogen-bond acceptors (Lipinski definition) is 3. The highest BCUT2D eigenvalue weighted by Crippen LogP contribution is 2.44. The van der Waals surface area contributed by atoms with Gasteiger partial charge in [0.2, 0.25) is 0 Å². The van der Waals surface area contributed by atoms with Crippen LogP contribution in [0.3, 0.4) is 0 Å². The standard InChI is InChI=1S/C24H22OS2/c1-17(18-10-4-2-5-11-18)23-20-14-8-9-15-22(20)27-24(23)26-16-21(25)19-12-6-3-7-13-19/h2-15,17,21,25H,16H2,1H3. The summed E-state index contributed by atoms with van der Waals surface area (Å²) in [6, 6.07) is 29.2. The first-order valence-electron chi connectivity index (χ1n) is 9.16. The minimum absolute atomic E-state index is 0.318. The van der Waals surface area contributed by atoms with Crippen molar-refractivity contribution in [1.29, 1.82) is 0 Å². The summed E-state index contributed by atoms with van der Waals surface area (Å²) in [5, 5.41) is 11.9. The number of aliphatic hydroxyl groups excluding tert-OH is 1. The molecule has 0 aliphatic rings. The van der Waals surface area contributed by atoms with Crippen molar-refractivity contribution in [1.82, 2.24) is 0 Å². The molecule has 0 saturated carbocycles. The monoisotopic (exact) mass is 390 g/mol. The van der Waals surface area contributed by atoms with Crippen LogP contribution in [0.15, 0.2) is 89.1 Å². The first-order valence-corrected chi connectivity index (χ1v) is 11.0. The largest absolute Gasteiger partial charge is 0.388 e. The zero-order valence-corrected chi connectivity index (χ0v) is 16.8. The van der Waals surface area contributed by atoms with Gasteiger partial charge in [0.25, 0.3) is 0 Å². The van der Waals surface area contributed by atoms with E-state index < -0.39 is 6.10 Å². The Morgan fingerprint density at radius 1 is 0.815 bits per heavy atom. The van der Waals surface area contributed by atoms with Gasteiger partial charge >= 0.3 is 0 Å². The molecule has 2 unspecified atom stereocenters. The topological polar surface area (TPSA) is 20.2 Å². The average Bonchev–Trinajstić information content (AvgIpc) is 3.11. The number of benzene rings is 3. The third-order valence-electron chi connectivity index (χ3n) is 4.89. The first kappa shape index (κ1) is 18.3. The Morgan fingerprint density at radius 2 is 1.41 bits per heavy atom. The number of rotatable bonds is 6. The molecule has 3 aromatic carbocycles. The molecular weight excluding hydrogens is 368 g/mol. The lowest BCUT2D eigenvalue weighted by Gasteiger charge is -2.15. The normalized spacial score (nSPS) is 13.6. The van der Waals surface area contributed by atoms with Crippen LogP contribution in [0.2, 0.25) is 0 Å². The SMILES string of the molecule is CC(c1ccccc1)c1c(SCC(O)c2ccccc2)sc2ccccc12. The van der Waals surface area contributed by atoms with E-state index in [1.165, 1.54) is 25.4 Å². The summed E-state index contributed by atoms with van der Waals surface area (Å²) >= 11 is 3.60. The Labute approximate surface area is 168 Å². The third-order valence-corrected chi connectivity index (χ3v) is 7.44. The molecule has 27 heavy (non-hydrogen) atoms. The highest BCUT2D eigenvalue weighted by Gasteiger charge is 2.20. The van der Waals surface area contributed by atoms with Crippen LogP contribution in [0.1, 0.15) is 35.6 Å². The molecule has 4 rings (SSSR count). The van der Waals surface area contributed by atoms with Crippen LogP contribution in [-0.4, -0.2) is 10.9 Å². The summed E-state index contributed by atoms with van der Waals surface area (Å²) < 4.78 is 2.62. The Balaban J connectivity index is 1.66. The van der Waals surface area contributed by atoms with Crippen molar-refractivity contribution >= 4 is 33.2 Å². The summed E-state index contributed by atoms with van der Waals surface area (Å²) in [6.07, 6.45) is -0.457. The molecule has 136 valence electrons. The van der Waals surface area contributed by atoms with Gasteiger partial charge in [0, 0.05) is 16.4 Å². The van der Waals surface area contributed by atoms with Crippen LogP contribution < -0.4 is 0 Å². The Hall–Kier alpha value is -2.07. The van der Waals surface area contributed by atoms with Gasteiger partial charge in [-0.1, -0.05) is 85.8 Å². The number of fused-ring (bicyclic) bond motifs is 1. The summed E-state index contributed by atoms with van der Waals surface area (Å²) in [7, 11) is 0. The van der Waals surface area contributed by atoms with Crippen molar-refractivity contribution in [2.75, 3.05) is 5.75 Å². The van der Waals surface area contributed by atoms with E-state index in [0.29, 0.717) is 11.7 Å². The fraction of sp³-hybridized carbons (Fsp3) is 0.167. The Bertz CT molecular complexity index is 1010. The second-order valence-corrected chi connectivity index (χ2v) is 9.01.